The third-order valence-corrected chi connectivity index (χ3v) is 1.86. The number of hydrogen-bond donors (Lipinski definition) is 1. The Morgan fingerprint density at radius 2 is 2.36 bits per heavy atom. The number of nitriles is 1. The number of nitrogens with zero attached hydrogens (tertiary/aromatic N) is 1. The number of rotatable bonds is 3. The highest BCUT2D eigenvalue weighted by molar-refractivity contribution is 6.11. The minimum Gasteiger partial charge on any atom is -0.497 e. The summed E-state index contributed by atoms with van der Waals surface area (Å²) in [5.41, 5.74) is 1.24. The van der Waals surface area contributed by atoms with Crippen molar-refractivity contribution >= 4 is 11.8 Å². The van der Waals surface area contributed by atoms with E-state index >= 15 is 0 Å². The summed E-state index contributed by atoms with van der Waals surface area (Å²) >= 11 is 0. The lowest BCUT2D eigenvalue weighted by Gasteiger charge is -2.05. The molecule has 3 heteroatoms. The Kier molecular flexibility index (Phi) is 3.03. The minimum atomic E-state index is -0.0671. The highest BCUT2D eigenvalue weighted by Gasteiger charge is 2.05. The summed E-state index contributed by atoms with van der Waals surface area (Å²) in [5, 5.41) is 16.0. The van der Waals surface area contributed by atoms with Crippen molar-refractivity contribution in [1.82, 2.24) is 0 Å². The van der Waals surface area contributed by atoms with Gasteiger partial charge in [-0.05, 0) is 23.8 Å². The molecule has 1 aromatic rings. The van der Waals surface area contributed by atoms with E-state index < -0.39 is 0 Å². The molecule has 14 heavy (non-hydrogen) atoms. The first-order valence-corrected chi connectivity index (χ1v) is 4.02. The van der Waals surface area contributed by atoms with Crippen LogP contribution in [-0.4, -0.2) is 12.8 Å². The standard InChI is InChI=1S/C11H10N2O/c1-3-8-6-9(14-2)4-5-10(8)11(13)7-12/h3-6,13H,1H2,2H3. The van der Waals surface area contributed by atoms with E-state index in [1.807, 2.05) is 0 Å². The lowest BCUT2D eigenvalue weighted by Crippen LogP contribution is -1.98. The molecule has 1 rings (SSSR count). The van der Waals surface area contributed by atoms with Crippen molar-refractivity contribution in [1.29, 1.82) is 10.7 Å². The maximum absolute atomic E-state index is 8.59. The quantitative estimate of drug-likeness (QED) is 0.736. The van der Waals surface area contributed by atoms with Gasteiger partial charge in [-0.2, -0.15) is 5.26 Å². The third kappa shape index (κ3) is 1.80. The molecule has 1 aromatic carbocycles. The van der Waals surface area contributed by atoms with E-state index in [0.717, 1.165) is 5.56 Å². The molecule has 0 bridgehead atoms. The van der Waals surface area contributed by atoms with Gasteiger partial charge in [0, 0.05) is 5.56 Å². The fourth-order valence-electron chi connectivity index (χ4n) is 1.12. The molecule has 0 spiro atoms. The number of ether oxygens (including phenoxy) is 1. The van der Waals surface area contributed by atoms with Gasteiger partial charge in [0.05, 0.1) is 7.11 Å². The van der Waals surface area contributed by atoms with E-state index in [9.17, 15) is 0 Å². The molecule has 3 nitrogen and oxygen atoms in total. The van der Waals surface area contributed by atoms with Gasteiger partial charge in [0.15, 0.2) is 0 Å². The van der Waals surface area contributed by atoms with Gasteiger partial charge in [-0.25, -0.2) is 0 Å². The van der Waals surface area contributed by atoms with Crippen molar-refractivity contribution in [3.05, 3.63) is 35.9 Å². The first-order valence-electron chi connectivity index (χ1n) is 4.02. The monoisotopic (exact) mass is 186 g/mol. The summed E-state index contributed by atoms with van der Waals surface area (Å²) in [5.74, 6) is 0.689. The zero-order chi connectivity index (χ0) is 10.6. The van der Waals surface area contributed by atoms with Crippen molar-refractivity contribution in [2.45, 2.75) is 0 Å². The lowest BCUT2D eigenvalue weighted by molar-refractivity contribution is 0.414. The summed E-state index contributed by atoms with van der Waals surface area (Å²) in [4.78, 5) is 0. The fraction of sp³-hybridized carbons (Fsp3) is 0.0909. The Morgan fingerprint density at radius 3 is 2.86 bits per heavy atom. The van der Waals surface area contributed by atoms with Crippen molar-refractivity contribution in [2.24, 2.45) is 0 Å². The maximum atomic E-state index is 8.59. The molecule has 0 atom stereocenters. The van der Waals surface area contributed by atoms with Crippen molar-refractivity contribution in [2.75, 3.05) is 7.11 Å². The molecule has 0 fully saturated rings. The summed E-state index contributed by atoms with van der Waals surface area (Å²) in [6.45, 7) is 3.62. The molecule has 0 saturated carbocycles. The molecule has 0 aliphatic carbocycles. The molecular weight excluding hydrogens is 176 g/mol. The van der Waals surface area contributed by atoms with Gasteiger partial charge in [-0.3, -0.25) is 5.41 Å². The van der Waals surface area contributed by atoms with E-state index in [1.165, 1.54) is 0 Å². The highest BCUT2D eigenvalue weighted by atomic mass is 16.5. The van der Waals surface area contributed by atoms with Crippen LogP contribution in [0.4, 0.5) is 0 Å². The molecule has 0 aliphatic heterocycles. The van der Waals surface area contributed by atoms with Crippen molar-refractivity contribution in [3.63, 3.8) is 0 Å². The maximum Gasteiger partial charge on any atom is 0.139 e. The summed E-state index contributed by atoms with van der Waals surface area (Å²) in [6.07, 6.45) is 1.60. The SMILES string of the molecule is C=Cc1cc(OC)ccc1C(=N)C#N. The van der Waals surface area contributed by atoms with Crippen LogP contribution < -0.4 is 4.74 Å². The van der Waals surface area contributed by atoms with Gasteiger partial charge in [-0.1, -0.05) is 12.7 Å². The predicted octanol–water partition coefficient (Wildman–Crippen LogP) is 2.23. The van der Waals surface area contributed by atoms with Crippen LogP contribution in [-0.2, 0) is 0 Å². The molecule has 0 heterocycles. The Balaban J connectivity index is 3.26. The van der Waals surface area contributed by atoms with Gasteiger partial charge in [0.2, 0.25) is 0 Å². The van der Waals surface area contributed by atoms with E-state index in [0.29, 0.717) is 11.3 Å². The van der Waals surface area contributed by atoms with Gasteiger partial charge >= 0.3 is 0 Å². The van der Waals surface area contributed by atoms with Gasteiger partial charge in [-0.15, -0.1) is 0 Å². The van der Waals surface area contributed by atoms with Crippen molar-refractivity contribution in [3.8, 4) is 11.8 Å². The molecular formula is C11H10N2O. The first kappa shape index (κ1) is 10.0. The third-order valence-electron chi connectivity index (χ3n) is 1.86. The zero-order valence-corrected chi connectivity index (χ0v) is 7.87. The van der Waals surface area contributed by atoms with E-state index in [1.54, 1.807) is 37.5 Å². The van der Waals surface area contributed by atoms with E-state index in [4.69, 9.17) is 15.4 Å². The number of nitrogens with one attached hydrogen (secondary N) is 1. The molecule has 0 radical (unpaired) electrons. The highest BCUT2D eigenvalue weighted by Crippen LogP contribution is 2.18. The second-order valence-corrected chi connectivity index (χ2v) is 2.64. The molecule has 0 aromatic heterocycles. The number of methoxy groups -OCH3 is 1. The smallest absolute Gasteiger partial charge is 0.139 e. The van der Waals surface area contributed by atoms with Crippen LogP contribution in [0.5, 0.6) is 5.75 Å². The second kappa shape index (κ2) is 4.24. The molecule has 0 amide bonds. The summed E-state index contributed by atoms with van der Waals surface area (Å²) in [6, 6.07) is 6.93. The molecule has 0 unspecified atom stereocenters. The molecule has 0 saturated heterocycles. The van der Waals surface area contributed by atoms with Gasteiger partial charge < -0.3 is 4.74 Å². The zero-order valence-electron chi connectivity index (χ0n) is 7.87. The average molecular weight is 186 g/mol. The summed E-state index contributed by atoms with van der Waals surface area (Å²) < 4.78 is 5.02. The Bertz CT molecular complexity index is 416. The van der Waals surface area contributed by atoms with Crippen molar-refractivity contribution < 1.29 is 4.74 Å². The van der Waals surface area contributed by atoms with E-state index in [-0.39, 0.29) is 5.71 Å². The van der Waals surface area contributed by atoms with Crippen LogP contribution >= 0.6 is 0 Å². The Morgan fingerprint density at radius 1 is 1.64 bits per heavy atom. The van der Waals surface area contributed by atoms with Crippen LogP contribution in [0.1, 0.15) is 11.1 Å². The molecule has 1 N–H and O–H groups in total. The van der Waals surface area contributed by atoms with Crippen LogP contribution in [0, 0.1) is 16.7 Å². The number of benzene rings is 1. The molecule has 0 aliphatic rings. The predicted molar refractivity (Wildman–Crippen MR) is 55.5 cm³/mol. The Labute approximate surface area is 82.8 Å². The van der Waals surface area contributed by atoms with Gasteiger partial charge in [0.25, 0.3) is 0 Å². The minimum absolute atomic E-state index is 0.0671. The first-order chi connectivity index (χ1) is 6.72. The average Bonchev–Trinajstić information content (AvgIpc) is 2.27. The van der Waals surface area contributed by atoms with Crippen LogP contribution in [0.15, 0.2) is 24.8 Å². The fourth-order valence-corrected chi connectivity index (χ4v) is 1.12. The number of hydrogen-bond acceptors (Lipinski definition) is 3. The van der Waals surface area contributed by atoms with Crippen LogP contribution in [0.2, 0.25) is 0 Å². The summed E-state index contributed by atoms with van der Waals surface area (Å²) in [7, 11) is 1.57. The molecule has 70 valence electrons. The van der Waals surface area contributed by atoms with Crippen LogP contribution in [0.3, 0.4) is 0 Å². The second-order valence-electron chi connectivity index (χ2n) is 2.64. The lowest BCUT2D eigenvalue weighted by atomic mass is 10.0. The van der Waals surface area contributed by atoms with Crippen LogP contribution in [0.25, 0.3) is 6.08 Å². The van der Waals surface area contributed by atoms with E-state index in [2.05, 4.69) is 6.58 Å². The normalized spacial score (nSPS) is 8.86. The van der Waals surface area contributed by atoms with Gasteiger partial charge in [0.1, 0.15) is 17.5 Å². The Hall–Kier alpha value is -2.08. The largest absolute Gasteiger partial charge is 0.497 e. The topological polar surface area (TPSA) is 56.9 Å².